The molecule has 8 atom stereocenters. The second-order valence-electron chi connectivity index (χ2n) is 12.1. The number of rotatable bonds is 5. The minimum absolute atomic E-state index is 0.415. The summed E-state index contributed by atoms with van der Waals surface area (Å²) in [6.45, 7) is 9.44. The Hall–Kier alpha value is -0.990. The largest absolute Gasteiger partial charge is 0.481 e. The van der Waals surface area contributed by atoms with Crippen molar-refractivity contribution in [1.82, 2.24) is 0 Å². The summed E-state index contributed by atoms with van der Waals surface area (Å²) in [4.78, 5) is 12.1. The Morgan fingerprint density at radius 1 is 1.03 bits per heavy atom. The monoisotopic (exact) mass is 416 g/mol. The molecule has 0 spiro atoms. The van der Waals surface area contributed by atoms with Gasteiger partial charge in [-0.15, -0.1) is 0 Å². The number of ketones is 1. The minimum Gasteiger partial charge on any atom is -0.481 e. The molecule has 4 fully saturated rings. The SMILES string of the molecule is CC(CCC[C@@H](C)[C@H]1CC[C@H]2[C@@H]3CCC4CC(=O)CC[C@]4(C)[C@H]3CC[C@]12C)=C(O)O. The van der Waals surface area contributed by atoms with Crippen LogP contribution in [0.4, 0.5) is 0 Å². The van der Waals surface area contributed by atoms with Crippen molar-refractivity contribution in [1.29, 1.82) is 0 Å². The Balaban J connectivity index is 1.44. The maximum Gasteiger partial charge on any atom is 0.272 e. The molecule has 0 aliphatic heterocycles. The Morgan fingerprint density at radius 3 is 2.50 bits per heavy atom. The fourth-order valence-electron chi connectivity index (χ4n) is 9.02. The standard InChI is InChI=1S/C27H44O3/c1-17(6-5-7-18(2)25(29)30)22-10-11-23-21-9-8-19-16-20(28)12-14-26(19,3)24(21)13-15-27(22,23)4/h17,19,21-24,29-30H,5-16H2,1-4H3/t17-,19?,21+,22-,23+,24+,26+,27-/m1/s1. The van der Waals surface area contributed by atoms with Crippen LogP contribution >= 0.6 is 0 Å². The van der Waals surface area contributed by atoms with Gasteiger partial charge in [-0.05, 0) is 111 Å². The molecule has 4 rings (SSSR count). The maximum absolute atomic E-state index is 12.1. The molecule has 1 unspecified atom stereocenters. The molecule has 0 heterocycles. The van der Waals surface area contributed by atoms with Crippen molar-refractivity contribution in [2.24, 2.45) is 46.3 Å². The molecular formula is C27H44O3. The summed E-state index contributed by atoms with van der Waals surface area (Å²) in [7, 11) is 0. The number of aliphatic hydroxyl groups excluding tert-OH is 1. The first-order valence-electron chi connectivity index (χ1n) is 12.8. The third-order valence-corrected chi connectivity index (χ3v) is 10.8. The summed E-state index contributed by atoms with van der Waals surface area (Å²) in [5.41, 5.74) is 1.62. The van der Waals surface area contributed by atoms with Gasteiger partial charge in [-0.2, -0.15) is 0 Å². The molecule has 0 aromatic rings. The predicted molar refractivity (Wildman–Crippen MR) is 121 cm³/mol. The molecule has 0 aromatic heterocycles. The van der Waals surface area contributed by atoms with Crippen LogP contribution in [0, 0.1) is 46.3 Å². The Kier molecular flexibility index (Phi) is 6.05. The van der Waals surface area contributed by atoms with Crippen LogP contribution in [0.25, 0.3) is 0 Å². The lowest BCUT2D eigenvalue weighted by Crippen LogP contribution is -2.53. The second kappa shape index (κ2) is 8.17. The van der Waals surface area contributed by atoms with Gasteiger partial charge in [0.15, 0.2) is 0 Å². The van der Waals surface area contributed by atoms with E-state index in [0.717, 1.165) is 55.8 Å². The molecular weight excluding hydrogens is 372 g/mol. The van der Waals surface area contributed by atoms with Crippen molar-refractivity contribution in [2.75, 3.05) is 0 Å². The van der Waals surface area contributed by atoms with Crippen LogP contribution in [0.1, 0.15) is 105 Å². The first kappa shape index (κ1) is 22.2. The van der Waals surface area contributed by atoms with Crippen LogP contribution in [0.2, 0.25) is 0 Å². The average molecular weight is 417 g/mol. The van der Waals surface area contributed by atoms with Gasteiger partial charge in [-0.1, -0.05) is 27.2 Å². The fourth-order valence-corrected chi connectivity index (χ4v) is 9.02. The molecule has 0 amide bonds. The van der Waals surface area contributed by atoms with Crippen molar-refractivity contribution >= 4 is 5.78 Å². The highest BCUT2D eigenvalue weighted by Gasteiger charge is 2.60. The van der Waals surface area contributed by atoms with Gasteiger partial charge in [0, 0.05) is 18.4 Å². The van der Waals surface area contributed by atoms with Gasteiger partial charge in [0.1, 0.15) is 5.78 Å². The van der Waals surface area contributed by atoms with E-state index in [1.807, 2.05) is 6.92 Å². The van der Waals surface area contributed by atoms with Crippen LogP contribution in [0.15, 0.2) is 11.5 Å². The van der Waals surface area contributed by atoms with Crippen LogP contribution in [0.5, 0.6) is 0 Å². The minimum atomic E-state index is -0.484. The second-order valence-corrected chi connectivity index (χ2v) is 12.1. The smallest absolute Gasteiger partial charge is 0.272 e. The van der Waals surface area contributed by atoms with Crippen molar-refractivity contribution < 1.29 is 15.0 Å². The van der Waals surface area contributed by atoms with E-state index in [-0.39, 0.29) is 0 Å². The summed E-state index contributed by atoms with van der Waals surface area (Å²) in [5, 5.41) is 18.5. The highest BCUT2D eigenvalue weighted by molar-refractivity contribution is 5.79. The lowest BCUT2D eigenvalue weighted by molar-refractivity contribution is -0.140. The van der Waals surface area contributed by atoms with Crippen LogP contribution < -0.4 is 0 Å². The summed E-state index contributed by atoms with van der Waals surface area (Å²) < 4.78 is 0. The van der Waals surface area contributed by atoms with E-state index in [0.29, 0.717) is 34.0 Å². The first-order chi connectivity index (χ1) is 14.2. The Morgan fingerprint density at radius 2 is 1.77 bits per heavy atom. The van der Waals surface area contributed by atoms with Gasteiger partial charge in [0.05, 0.1) is 0 Å². The molecule has 4 saturated carbocycles. The number of fused-ring (bicyclic) bond motifs is 5. The number of allylic oxidation sites excluding steroid dienone is 1. The number of hydrogen-bond donors (Lipinski definition) is 2. The molecule has 170 valence electrons. The number of carbonyl (C=O) groups is 1. The summed E-state index contributed by atoms with van der Waals surface area (Å²) in [5.74, 6) is 4.82. The van der Waals surface area contributed by atoms with E-state index in [1.165, 1.54) is 44.9 Å². The number of hydrogen-bond acceptors (Lipinski definition) is 3. The van der Waals surface area contributed by atoms with E-state index in [2.05, 4.69) is 20.8 Å². The number of Topliss-reactive ketones (excluding diaryl/α,β-unsaturated/α-hetero) is 1. The lowest BCUT2D eigenvalue weighted by Gasteiger charge is -2.60. The van der Waals surface area contributed by atoms with Gasteiger partial charge in [-0.25, -0.2) is 0 Å². The van der Waals surface area contributed by atoms with Crippen LogP contribution in [0.3, 0.4) is 0 Å². The molecule has 0 aromatic carbocycles. The van der Waals surface area contributed by atoms with E-state index in [9.17, 15) is 15.0 Å². The van der Waals surface area contributed by atoms with Gasteiger partial charge in [0.25, 0.3) is 5.95 Å². The molecule has 3 heteroatoms. The fraction of sp³-hybridized carbons (Fsp3) is 0.889. The zero-order valence-corrected chi connectivity index (χ0v) is 19.8. The van der Waals surface area contributed by atoms with Crippen LogP contribution in [-0.4, -0.2) is 16.0 Å². The van der Waals surface area contributed by atoms with E-state index < -0.39 is 5.95 Å². The molecule has 0 radical (unpaired) electrons. The van der Waals surface area contributed by atoms with Gasteiger partial charge < -0.3 is 10.2 Å². The predicted octanol–water partition coefficient (Wildman–Crippen LogP) is 7.37. The molecule has 4 aliphatic rings. The van der Waals surface area contributed by atoms with Gasteiger partial charge >= 0.3 is 0 Å². The first-order valence-corrected chi connectivity index (χ1v) is 12.8. The van der Waals surface area contributed by atoms with Crippen LogP contribution in [-0.2, 0) is 4.79 Å². The van der Waals surface area contributed by atoms with E-state index in [4.69, 9.17) is 0 Å². The highest BCUT2D eigenvalue weighted by Crippen LogP contribution is 2.68. The summed E-state index contributed by atoms with van der Waals surface area (Å²) in [6, 6.07) is 0. The average Bonchev–Trinajstić information content (AvgIpc) is 3.05. The normalized spacial score (nSPS) is 44.0. The number of carbonyl (C=O) groups excluding carboxylic acids is 1. The Labute approximate surface area is 183 Å². The quantitative estimate of drug-likeness (QED) is 0.460. The van der Waals surface area contributed by atoms with Crippen molar-refractivity contribution in [3.8, 4) is 0 Å². The molecule has 0 bridgehead atoms. The third-order valence-electron chi connectivity index (χ3n) is 10.8. The highest BCUT2D eigenvalue weighted by atomic mass is 16.5. The zero-order chi connectivity index (χ0) is 21.7. The summed E-state index contributed by atoms with van der Waals surface area (Å²) in [6.07, 6.45) is 14.0. The third kappa shape index (κ3) is 3.62. The lowest BCUT2D eigenvalue weighted by atomic mass is 9.44. The molecule has 3 nitrogen and oxygen atoms in total. The topological polar surface area (TPSA) is 57.5 Å². The van der Waals surface area contributed by atoms with E-state index >= 15 is 0 Å². The van der Waals surface area contributed by atoms with E-state index in [1.54, 1.807) is 0 Å². The Bertz CT molecular complexity index is 692. The number of aliphatic hydroxyl groups is 2. The van der Waals surface area contributed by atoms with Crippen molar-refractivity contribution in [2.45, 2.75) is 105 Å². The maximum atomic E-state index is 12.1. The van der Waals surface area contributed by atoms with Crippen molar-refractivity contribution in [3.63, 3.8) is 0 Å². The van der Waals surface area contributed by atoms with Gasteiger partial charge in [0.2, 0.25) is 0 Å². The summed E-state index contributed by atoms with van der Waals surface area (Å²) >= 11 is 0. The zero-order valence-electron chi connectivity index (χ0n) is 19.8. The molecule has 2 N–H and O–H groups in total. The van der Waals surface area contributed by atoms with Crippen molar-refractivity contribution in [3.05, 3.63) is 11.5 Å². The molecule has 4 aliphatic carbocycles. The molecule has 0 saturated heterocycles. The van der Waals surface area contributed by atoms with Gasteiger partial charge in [-0.3, -0.25) is 4.79 Å². The molecule has 30 heavy (non-hydrogen) atoms.